The van der Waals surface area contributed by atoms with Crippen LogP contribution in [0, 0.1) is 5.82 Å². The molecule has 0 spiro atoms. The van der Waals surface area contributed by atoms with Crippen LogP contribution < -0.4 is 0 Å². The molecule has 0 unspecified atom stereocenters. The second-order valence-electron chi connectivity index (χ2n) is 6.01. The summed E-state index contributed by atoms with van der Waals surface area (Å²) in [6, 6.07) is 6.12. The Labute approximate surface area is 143 Å². The van der Waals surface area contributed by atoms with Gasteiger partial charge in [-0.05, 0) is 24.1 Å². The Bertz CT molecular complexity index is 840. The Morgan fingerprint density at radius 2 is 2.08 bits per heavy atom. The Balaban J connectivity index is 1.55. The third kappa shape index (κ3) is 3.40. The Morgan fingerprint density at radius 3 is 2.84 bits per heavy atom. The number of rotatable bonds is 4. The molecule has 2 atom stereocenters. The van der Waals surface area contributed by atoms with E-state index in [1.165, 1.54) is 12.1 Å². The predicted molar refractivity (Wildman–Crippen MR) is 85.5 cm³/mol. The molecule has 4 rings (SSSR count). The number of β-amino-alcohol motifs (C(OH)–C–C–N with tert-alkyl or cyclic N) is 1. The van der Waals surface area contributed by atoms with E-state index in [-0.39, 0.29) is 11.9 Å². The molecule has 25 heavy (non-hydrogen) atoms. The Hall–Kier alpha value is -2.71. The molecule has 1 N–H and O–H groups in total. The predicted octanol–water partition coefficient (Wildman–Crippen LogP) is 1.97. The van der Waals surface area contributed by atoms with E-state index in [2.05, 4.69) is 20.1 Å². The van der Waals surface area contributed by atoms with Crippen molar-refractivity contribution in [3.63, 3.8) is 0 Å². The molecule has 0 amide bonds. The summed E-state index contributed by atoms with van der Waals surface area (Å²) in [7, 11) is 0. The van der Waals surface area contributed by atoms with Crippen LogP contribution in [0.15, 0.2) is 47.4 Å². The maximum atomic E-state index is 13.1. The minimum Gasteiger partial charge on any atom is -0.392 e. The van der Waals surface area contributed by atoms with Gasteiger partial charge in [0.25, 0.3) is 0 Å². The summed E-state index contributed by atoms with van der Waals surface area (Å²) in [5, 5.41) is 14.0. The van der Waals surface area contributed by atoms with Gasteiger partial charge in [0.15, 0.2) is 0 Å². The molecule has 3 aromatic rings. The fourth-order valence-electron chi connectivity index (χ4n) is 3.02. The summed E-state index contributed by atoms with van der Waals surface area (Å²) >= 11 is 0. The lowest BCUT2D eigenvalue weighted by atomic mass is 10.1. The first kappa shape index (κ1) is 15.8. The second kappa shape index (κ2) is 6.66. The van der Waals surface area contributed by atoms with Crippen LogP contribution >= 0.6 is 0 Å². The van der Waals surface area contributed by atoms with Crippen molar-refractivity contribution in [2.24, 2.45) is 0 Å². The number of hydrogen-bond donors (Lipinski definition) is 1. The van der Waals surface area contributed by atoms with Crippen molar-refractivity contribution in [3.8, 4) is 11.5 Å². The fraction of sp³-hybridized carbons (Fsp3) is 0.294. The third-order valence-corrected chi connectivity index (χ3v) is 4.20. The van der Waals surface area contributed by atoms with Gasteiger partial charge in [-0.3, -0.25) is 9.88 Å². The van der Waals surface area contributed by atoms with Gasteiger partial charge in [-0.25, -0.2) is 9.37 Å². The van der Waals surface area contributed by atoms with Crippen molar-refractivity contribution in [2.75, 3.05) is 6.54 Å². The maximum Gasteiger partial charge on any atom is 0.244 e. The highest BCUT2D eigenvalue weighted by atomic mass is 19.1. The molecule has 128 valence electrons. The highest BCUT2D eigenvalue weighted by molar-refractivity contribution is 5.45. The van der Waals surface area contributed by atoms with Gasteiger partial charge < -0.3 is 9.63 Å². The number of hydrogen-bond acceptors (Lipinski definition) is 7. The average Bonchev–Trinajstić information content (AvgIpc) is 3.24. The van der Waals surface area contributed by atoms with Gasteiger partial charge in [0, 0.05) is 25.5 Å². The van der Waals surface area contributed by atoms with Crippen LogP contribution in [0.4, 0.5) is 4.39 Å². The first-order valence-electron chi connectivity index (χ1n) is 7.95. The second-order valence-corrected chi connectivity index (χ2v) is 6.01. The van der Waals surface area contributed by atoms with Crippen molar-refractivity contribution >= 4 is 0 Å². The number of aromatic nitrogens is 4. The van der Waals surface area contributed by atoms with Crippen LogP contribution in [0.2, 0.25) is 0 Å². The minimum atomic E-state index is -0.475. The molecule has 8 heteroatoms. The van der Waals surface area contributed by atoms with Crippen LogP contribution in [0.3, 0.4) is 0 Å². The molecule has 0 saturated carbocycles. The molecule has 1 aliphatic rings. The third-order valence-electron chi connectivity index (χ3n) is 4.20. The van der Waals surface area contributed by atoms with E-state index in [4.69, 9.17) is 4.52 Å². The summed E-state index contributed by atoms with van der Waals surface area (Å²) in [5.74, 6) is 0.526. The molecular weight excluding hydrogens is 325 g/mol. The van der Waals surface area contributed by atoms with Crippen molar-refractivity contribution in [1.29, 1.82) is 0 Å². The summed E-state index contributed by atoms with van der Waals surface area (Å²) < 4.78 is 18.5. The zero-order valence-electron chi connectivity index (χ0n) is 13.3. The molecule has 0 aliphatic carbocycles. The summed E-state index contributed by atoms with van der Waals surface area (Å²) in [6.07, 6.45) is 4.73. The van der Waals surface area contributed by atoms with Gasteiger partial charge in [-0.15, -0.1) is 0 Å². The van der Waals surface area contributed by atoms with Crippen LogP contribution in [0.1, 0.15) is 23.9 Å². The molecule has 3 heterocycles. The van der Waals surface area contributed by atoms with Crippen LogP contribution in [-0.2, 0) is 6.54 Å². The lowest BCUT2D eigenvalue weighted by Crippen LogP contribution is -2.24. The Morgan fingerprint density at radius 1 is 1.24 bits per heavy atom. The van der Waals surface area contributed by atoms with E-state index in [1.54, 1.807) is 30.7 Å². The van der Waals surface area contributed by atoms with Crippen molar-refractivity contribution in [2.45, 2.75) is 25.1 Å². The summed E-state index contributed by atoms with van der Waals surface area (Å²) in [4.78, 5) is 14.6. The Kier molecular flexibility index (Phi) is 4.21. The molecule has 0 radical (unpaired) electrons. The standard InChI is InChI=1S/C17H16FN5O2/c18-12-3-1-11(2-4-12)9-23-10-13(24)7-15(23)17-21-16(22-25-17)14-8-19-5-6-20-14/h1-6,8,13,15,24H,7,9-10H2/t13-,15+/m1/s1. The van der Waals surface area contributed by atoms with Gasteiger partial charge in [0.2, 0.25) is 11.7 Å². The topological polar surface area (TPSA) is 88.2 Å². The minimum absolute atomic E-state index is 0.196. The largest absolute Gasteiger partial charge is 0.392 e. The van der Waals surface area contributed by atoms with E-state index in [9.17, 15) is 9.50 Å². The van der Waals surface area contributed by atoms with Gasteiger partial charge in [0.1, 0.15) is 11.5 Å². The summed E-state index contributed by atoms with van der Waals surface area (Å²) in [6.45, 7) is 1.05. The van der Waals surface area contributed by atoms with Gasteiger partial charge in [-0.2, -0.15) is 4.98 Å². The number of benzene rings is 1. The molecule has 0 bridgehead atoms. The van der Waals surface area contributed by atoms with Crippen molar-refractivity contribution < 1.29 is 14.0 Å². The monoisotopic (exact) mass is 341 g/mol. The smallest absolute Gasteiger partial charge is 0.244 e. The summed E-state index contributed by atoms with van der Waals surface area (Å²) in [5.41, 5.74) is 1.48. The molecule has 1 saturated heterocycles. The normalized spacial score (nSPS) is 20.9. The van der Waals surface area contributed by atoms with Gasteiger partial charge in [-0.1, -0.05) is 17.3 Å². The van der Waals surface area contributed by atoms with Gasteiger partial charge >= 0.3 is 0 Å². The molecule has 1 fully saturated rings. The highest BCUT2D eigenvalue weighted by Gasteiger charge is 2.36. The first-order chi connectivity index (χ1) is 12.2. The van der Waals surface area contributed by atoms with E-state index in [1.807, 2.05) is 4.90 Å². The fourth-order valence-corrected chi connectivity index (χ4v) is 3.02. The molecule has 7 nitrogen and oxygen atoms in total. The lowest BCUT2D eigenvalue weighted by Gasteiger charge is -2.21. The average molecular weight is 341 g/mol. The zero-order chi connectivity index (χ0) is 17.2. The first-order valence-corrected chi connectivity index (χ1v) is 7.95. The van der Waals surface area contributed by atoms with E-state index < -0.39 is 6.10 Å². The van der Waals surface area contributed by atoms with E-state index in [0.717, 1.165) is 5.56 Å². The van der Waals surface area contributed by atoms with Crippen LogP contribution in [0.5, 0.6) is 0 Å². The number of likely N-dealkylation sites (tertiary alicyclic amines) is 1. The molecule has 2 aromatic heterocycles. The van der Waals surface area contributed by atoms with Crippen LogP contribution in [0.25, 0.3) is 11.5 Å². The number of aliphatic hydroxyl groups is 1. The number of halogens is 1. The number of nitrogens with zero attached hydrogens (tertiary/aromatic N) is 5. The highest BCUT2D eigenvalue weighted by Crippen LogP contribution is 2.33. The molecular formula is C17H16FN5O2. The van der Waals surface area contributed by atoms with Crippen molar-refractivity contribution in [1.82, 2.24) is 25.0 Å². The van der Waals surface area contributed by atoms with E-state index >= 15 is 0 Å². The van der Waals surface area contributed by atoms with Gasteiger partial charge in [0.05, 0.1) is 18.3 Å². The van der Waals surface area contributed by atoms with Crippen LogP contribution in [-0.4, -0.2) is 42.8 Å². The lowest BCUT2D eigenvalue weighted by molar-refractivity contribution is 0.169. The zero-order valence-corrected chi connectivity index (χ0v) is 13.3. The SMILES string of the molecule is O[C@@H]1C[C@@H](c2nc(-c3cnccn3)no2)N(Cc2ccc(F)cc2)C1. The number of aliphatic hydroxyl groups excluding tert-OH is 1. The molecule has 1 aromatic carbocycles. The van der Waals surface area contributed by atoms with Crippen molar-refractivity contribution in [3.05, 3.63) is 60.1 Å². The molecule has 1 aliphatic heterocycles. The maximum absolute atomic E-state index is 13.1. The van der Waals surface area contributed by atoms with E-state index in [0.29, 0.717) is 36.9 Å². The quantitative estimate of drug-likeness (QED) is 0.776.